The molecule has 1 aliphatic heterocycles. The fourth-order valence-corrected chi connectivity index (χ4v) is 3.21. The van der Waals surface area contributed by atoms with Gasteiger partial charge in [0.25, 0.3) is 0 Å². The Morgan fingerprint density at radius 1 is 1.36 bits per heavy atom. The van der Waals surface area contributed by atoms with E-state index in [4.69, 9.17) is 4.52 Å². The van der Waals surface area contributed by atoms with E-state index in [0.29, 0.717) is 6.42 Å². The second-order valence-electron chi connectivity index (χ2n) is 5.79. The number of carbonyl (C=O) groups is 1. The highest BCUT2D eigenvalue weighted by Crippen LogP contribution is 2.35. The molecule has 3 rings (SSSR count). The zero-order valence-corrected chi connectivity index (χ0v) is 12.8. The number of rotatable bonds is 3. The number of carbonyl (C=O) groups excluding carboxylic acids is 1. The first-order valence-electron chi connectivity index (χ1n) is 7.53. The maximum absolute atomic E-state index is 12.9. The number of likely N-dealkylation sites (tertiary alicyclic amines) is 1. The van der Waals surface area contributed by atoms with Crippen molar-refractivity contribution in [2.75, 3.05) is 6.54 Å². The Morgan fingerprint density at radius 2 is 2.09 bits per heavy atom. The molecule has 0 radical (unpaired) electrons. The summed E-state index contributed by atoms with van der Waals surface area (Å²) in [7, 11) is 0. The Labute approximate surface area is 128 Å². The first kappa shape index (κ1) is 14.8. The van der Waals surface area contributed by atoms with Crippen molar-refractivity contribution in [1.29, 1.82) is 0 Å². The normalized spacial score (nSPS) is 18.0. The molecule has 0 aliphatic carbocycles. The van der Waals surface area contributed by atoms with Crippen LogP contribution in [0.15, 0.2) is 28.8 Å². The van der Waals surface area contributed by atoms with Gasteiger partial charge in [-0.1, -0.05) is 17.3 Å². The lowest BCUT2D eigenvalue weighted by molar-refractivity contribution is -0.131. The van der Waals surface area contributed by atoms with E-state index in [1.54, 1.807) is 12.1 Å². The van der Waals surface area contributed by atoms with E-state index in [2.05, 4.69) is 5.16 Å². The first-order chi connectivity index (χ1) is 10.6. The van der Waals surface area contributed by atoms with E-state index < -0.39 is 0 Å². The number of benzene rings is 1. The summed E-state index contributed by atoms with van der Waals surface area (Å²) in [6.45, 7) is 4.54. The number of hydrogen-bond donors (Lipinski definition) is 0. The Balaban J connectivity index is 1.78. The van der Waals surface area contributed by atoms with Crippen LogP contribution in [0.5, 0.6) is 0 Å². The second kappa shape index (κ2) is 5.91. The Kier molecular flexibility index (Phi) is 3.96. The summed E-state index contributed by atoms with van der Waals surface area (Å²) in [5, 5.41) is 3.99. The maximum atomic E-state index is 12.9. The summed E-state index contributed by atoms with van der Waals surface area (Å²) in [6, 6.07) is 6.14. The molecule has 1 saturated heterocycles. The quantitative estimate of drug-likeness (QED) is 0.873. The smallest absolute Gasteiger partial charge is 0.227 e. The first-order valence-corrected chi connectivity index (χ1v) is 7.53. The van der Waals surface area contributed by atoms with Gasteiger partial charge in [0.15, 0.2) is 0 Å². The zero-order valence-electron chi connectivity index (χ0n) is 12.8. The number of hydrogen-bond acceptors (Lipinski definition) is 3. The minimum Gasteiger partial charge on any atom is -0.361 e. The van der Waals surface area contributed by atoms with Crippen LogP contribution >= 0.6 is 0 Å². The number of aryl methyl sites for hydroxylation is 2. The molecule has 0 N–H and O–H groups in total. The third-order valence-corrected chi connectivity index (χ3v) is 4.26. The topological polar surface area (TPSA) is 46.3 Å². The van der Waals surface area contributed by atoms with Crippen LogP contribution in [0.3, 0.4) is 0 Å². The molecular formula is C17H19FN2O2. The van der Waals surface area contributed by atoms with Crippen molar-refractivity contribution in [2.45, 2.75) is 39.2 Å². The van der Waals surface area contributed by atoms with Crippen LogP contribution < -0.4 is 0 Å². The van der Waals surface area contributed by atoms with Gasteiger partial charge in [0.1, 0.15) is 11.6 Å². The average molecular weight is 302 g/mol. The van der Waals surface area contributed by atoms with Gasteiger partial charge in [-0.25, -0.2) is 4.39 Å². The highest BCUT2D eigenvalue weighted by Gasteiger charge is 2.33. The van der Waals surface area contributed by atoms with Gasteiger partial charge < -0.3 is 9.42 Å². The van der Waals surface area contributed by atoms with Crippen LogP contribution in [0.2, 0.25) is 0 Å². The summed E-state index contributed by atoms with van der Waals surface area (Å²) in [6.07, 6.45) is 2.20. The fraction of sp³-hybridized carbons (Fsp3) is 0.412. The van der Waals surface area contributed by atoms with E-state index in [0.717, 1.165) is 42.0 Å². The lowest BCUT2D eigenvalue weighted by Gasteiger charge is -2.25. The van der Waals surface area contributed by atoms with Gasteiger partial charge in [-0.2, -0.15) is 0 Å². The average Bonchev–Trinajstić information content (AvgIpc) is 3.08. The number of aromatic nitrogens is 1. The molecule has 1 atom stereocenters. The molecule has 116 valence electrons. The van der Waals surface area contributed by atoms with Crippen molar-refractivity contribution in [2.24, 2.45) is 0 Å². The molecule has 1 aliphatic rings. The molecular weight excluding hydrogens is 283 g/mol. The van der Waals surface area contributed by atoms with Gasteiger partial charge in [-0.05, 0) is 44.4 Å². The Morgan fingerprint density at radius 3 is 2.73 bits per heavy atom. The van der Waals surface area contributed by atoms with Crippen molar-refractivity contribution in [1.82, 2.24) is 10.1 Å². The molecule has 1 fully saturated rings. The number of nitrogens with zero attached hydrogens (tertiary/aromatic N) is 2. The van der Waals surface area contributed by atoms with Crippen molar-refractivity contribution in [3.05, 3.63) is 52.7 Å². The monoisotopic (exact) mass is 302 g/mol. The van der Waals surface area contributed by atoms with Crippen LogP contribution in [0.4, 0.5) is 4.39 Å². The van der Waals surface area contributed by atoms with E-state index in [9.17, 15) is 9.18 Å². The Bertz CT molecular complexity index is 659. The van der Waals surface area contributed by atoms with E-state index in [1.165, 1.54) is 12.1 Å². The predicted molar refractivity (Wildman–Crippen MR) is 79.8 cm³/mol. The fourth-order valence-electron chi connectivity index (χ4n) is 3.21. The molecule has 2 heterocycles. The van der Waals surface area contributed by atoms with E-state index in [1.807, 2.05) is 18.7 Å². The van der Waals surface area contributed by atoms with Gasteiger partial charge in [0.05, 0.1) is 18.2 Å². The van der Waals surface area contributed by atoms with Crippen LogP contribution in [-0.2, 0) is 11.2 Å². The van der Waals surface area contributed by atoms with Crippen LogP contribution in [0, 0.1) is 19.7 Å². The minimum atomic E-state index is -0.286. The molecule has 0 saturated carbocycles. The van der Waals surface area contributed by atoms with Crippen molar-refractivity contribution in [3.63, 3.8) is 0 Å². The minimum absolute atomic E-state index is 0.0409. The molecule has 1 aromatic carbocycles. The maximum Gasteiger partial charge on any atom is 0.227 e. The van der Waals surface area contributed by atoms with Gasteiger partial charge in [-0.15, -0.1) is 0 Å². The predicted octanol–water partition coefficient (Wildman–Crippen LogP) is 3.34. The Hall–Kier alpha value is -2.17. The van der Waals surface area contributed by atoms with Gasteiger partial charge in [0, 0.05) is 12.1 Å². The molecule has 0 unspecified atom stereocenters. The summed E-state index contributed by atoms with van der Waals surface area (Å²) in [5.41, 5.74) is 2.71. The SMILES string of the molecule is Cc1noc(C)c1[C@@H]1CCCN1C(=O)Cc1ccc(F)cc1. The molecule has 22 heavy (non-hydrogen) atoms. The van der Waals surface area contributed by atoms with E-state index in [-0.39, 0.29) is 17.8 Å². The zero-order chi connectivity index (χ0) is 15.7. The summed E-state index contributed by atoms with van der Waals surface area (Å²) >= 11 is 0. The summed E-state index contributed by atoms with van der Waals surface area (Å²) < 4.78 is 18.2. The van der Waals surface area contributed by atoms with Crippen LogP contribution in [0.25, 0.3) is 0 Å². The van der Waals surface area contributed by atoms with Crippen molar-refractivity contribution in [3.8, 4) is 0 Å². The van der Waals surface area contributed by atoms with Gasteiger partial charge in [0.2, 0.25) is 5.91 Å². The van der Waals surface area contributed by atoms with Gasteiger partial charge >= 0.3 is 0 Å². The van der Waals surface area contributed by atoms with Crippen molar-refractivity contribution < 1.29 is 13.7 Å². The molecule has 1 aromatic heterocycles. The van der Waals surface area contributed by atoms with E-state index >= 15 is 0 Å². The molecule has 5 heteroatoms. The lowest BCUT2D eigenvalue weighted by atomic mass is 10.0. The highest BCUT2D eigenvalue weighted by atomic mass is 19.1. The molecule has 0 spiro atoms. The molecule has 1 amide bonds. The summed E-state index contributed by atoms with van der Waals surface area (Å²) in [5.74, 6) is 0.559. The second-order valence-corrected chi connectivity index (χ2v) is 5.79. The largest absolute Gasteiger partial charge is 0.361 e. The third-order valence-electron chi connectivity index (χ3n) is 4.26. The number of halogens is 1. The van der Waals surface area contributed by atoms with Gasteiger partial charge in [-0.3, -0.25) is 4.79 Å². The highest BCUT2D eigenvalue weighted by molar-refractivity contribution is 5.79. The molecule has 4 nitrogen and oxygen atoms in total. The summed E-state index contributed by atoms with van der Waals surface area (Å²) in [4.78, 5) is 14.5. The van der Waals surface area contributed by atoms with Crippen LogP contribution in [-0.4, -0.2) is 22.5 Å². The molecule has 0 bridgehead atoms. The van der Waals surface area contributed by atoms with Crippen LogP contribution in [0.1, 0.15) is 41.5 Å². The lowest BCUT2D eigenvalue weighted by Crippen LogP contribution is -2.32. The number of amides is 1. The molecule has 2 aromatic rings. The third kappa shape index (κ3) is 2.75. The van der Waals surface area contributed by atoms with Crippen molar-refractivity contribution >= 4 is 5.91 Å². The standard InChI is InChI=1S/C17H19FN2O2/c1-11-17(12(2)22-19-11)15-4-3-9-20(15)16(21)10-13-5-7-14(18)8-6-13/h5-8,15H,3-4,9-10H2,1-2H3/t15-/m0/s1.